The number of hydrogen-bond donors (Lipinski definition) is 1. The Hall–Kier alpha value is -0.870. The third kappa shape index (κ3) is 4.77. The van der Waals surface area contributed by atoms with Gasteiger partial charge in [0.1, 0.15) is 0 Å². The SMILES string of the molecule is Cc1ccc(CS(=O)(=O)CCC(C)N)cc1. The van der Waals surface area contributed by atoms with Crippen LogP contribution < -0.4 is 5.73 Å². The van der Waals surface area contributed by atoms with Crippen molar-refractivity contribution in [1.29, 1.82) is 0 Å². The van der Waals surface area contributed by atoms with Crippen molar-refractivity contribution in [3.05, 3.63) is 35.4 Å². The predicted octanol–water partition coefficient (Wildman–Crippen LogP) is 1.65. The van der Waals surface area contributed by atoms with Gasteiger partial charge in [0.2, 0.25) is 0 Å². The molecule has 90 valence electrons. The van der Waals surface area contributed by atoms with Gasteiger partial charge < -0.3 is 5.73 Å². The van der Waals surface area contributed by atoms with Crippen LogP contribution in [0.3, 0.4) is 0 Å². The van der Waals surface area contributed by atoms with E-state index in [0.717, 1.165) is 11.1 Å². The van der Waals surface area contributed by atoms with Gasteiger partial charge in [-0.2, -0.15) is 0 Å². The van der Waals surface area contributed by atoms with Crippen LogP contribution >= 0.6 is 0 Å². The lowest BCUT2D eigenvalue weighted by molar-refractivity contribution is 0.586. The van der Waals surface area contributed by atoms with Crippen LogP contribution in [-0.2, 0) is 15.6 Å². The van der Waals surface area contributed by atoms with E-state index in [1.54, 1.807) is 0 Å². The molecule has 0 bridgehead atoms. The zero-order chi connectivity index (χ0) is 12.2. The topological polar surface area (TPSA) is 60.2 Å². The van der Waals surface area contributed by atoms with Gasteiger partial charge >= 0.3 is 0 Å². The summed E-state index contributed by atoms with van der Waals surface area (Å²) in [5.41, 5.74) is 7.53. The molecule has 0 aliphatic rings. The fourth-order valence-electron chi connectivity index (χ4n) is 1.38. The van der Waals surface area contributed by atoms with E-state index in [9.17, 15) is 8.42 Å². The molecule has 1 rings (SSSR count). The van der Waals surface area contributed by atoms with Crippen LogP contribution in [0.1, 0.15) is 24.5 Å². The van der Waals surface area contributed by atoms with Crippen molar-refractivity contribution in [2.75, 3.05) is 5.75 Å². The van der Waals surface area contributed by atoms with Crippen molar-refractivity contribution in [1.82, 2.24) is 0 Å². The Morgan fingerprint density at radius 3 is 2.31 bits per heavy atom. The molecule has 0 fully saturated rings. The summed E-state index contributed by atoms with van der Waals surface area (Å²) in [5, 5.41) is 0. The lowest BCUT2D eigenvalue weighted by Crippen LogP contribution is -2.20. The summed E-state index contributed by atoms with van der Waals surface area (Å²) in [6.45, 7) is 3.80. The molecule has 2 N–H and O–H groups in total. The first-order valence-electron chi connectivity index (χ1n) is 5.40. The Bertz CT molecular complexity index is 421. The molecule has 1 aromatic rings. The van der Waals surface area contributed by atoms with E-state index in [2.05, 4.69) is 0 Å². The zero-order valence-corrected chi connectivity index (χ0v) is 10.6. The van der Waals surface area contributed by atoms with E-state index in [-0.39, 0.29) is 17.5 Å². The average Bonchev–Trinajstić information content (AvgIpc) is 2.19. The monoisotopic (exact) mass is 241 g/mol. The summed E-state index contributed by atoms with van der Waals surface area (Å²) in [4.78, 5) is 0. The first kappa shape index (κ1) is 13.2. The van der Waals surface area contributed by atoms with Gasteiger partial charge in [0.05, 0.1) is 11.5 Å². The normalized spacial score (nSPS) is 13.7. The van der Waals surface area contributed by atoms with Crippen molar-refractivity contribution in [2.24, 2.45) is 5.73 Å². The third-order valence-electron chi connectivity index (χ3n) is 2.39. The molecule has 0 aromatic heterocycles. The van der Waals surface area contributed by atoms with Gasteiger partial charge in [-0.1, -0.05) is 29.8 Å². The first-order valence-corrected chi connectivity index (χ1v) is 7.23. The number of benzene rings is 1. The molecule has 0 saturated carbocycles. The number of hydrogen-bond acceptors (Lipinski definition) is 3. The fraction of sp³-hybridized carbons (Fsp3) is 0.500. The van der Waals surface area contributed by atoms with Crippen LogP contribution in [0.4, 0.5) is 0 Å². The summed E-state index contributed by atoms with van der Waals surface area (Å²) in [6.07, 6.45) is 0.522. The number of aryl methyl sites for hydroxylation is 1. The highest BCUT2D eigenvalue weighted by Crippen LogP contribution is 2.09. The van der Waals surface area contributed by atoms with Crippen molar-refractivity contribution >= 4 is 9.84 Å². The Morgan fingerprint density at radius 2 is 1.81 bits per heavy atom. The molecular weight excluding hydrogens is 222 g/mol. The van der Waals surface area contributed by atoms with E-state index >= 15 is 0 Å². The van der Waals surface area contributed by atoms with Crippen molar-refractivity contribution in [3.63, 3.8) is 0 Å². The van der Waals surface area contributed by atoms with Gasteiger partial charge in [-0.05, 0) is 25.8 Å². The Kier molecular flexibility index (Phi) is 4.50. The second-order valence-corrected chi connectivity index (χ2v) is 6.53. The first-order chi connectivity index (χ1) is 7.39. The molecule has 0 amide bonds. The molecular formula is C12H19NO2S. The van der Waals surface area contributed by atoms with Gasteiger partial charge in [-0.25, -0.2) is 8.42 Å². The van der Waals surface area contributed by atoms with E-state index in [0.29, 0.717) is 6.42 Å². The molecule has 3 nitrogen and oxygen atoms in total. The minimum atomic E-state index is -3.02. The van der Waals surface area contributed by atoms with E-state index in [4.69, 9.17) is 5.73 Å². The zero-order valence-electron chi connectivity index (χ0n) is 9.81. The molecule has 0 spiro atoms. The van der Waals surface area contributed by atoms with Gasteiger partial charge in [-0.3, -0.25) is 0 Å². The second-order valence-electron chi connectivity index (χ2n) is 4.34. The summed E-state index contributed by atoms with van der Waals surface area (Å²) in [6, 6.07) is 7.51. The van der Waals surface area contributed by atoms with Crippen LogP contribution in [0.25, 0.3) is 0 Å². The Balaban J connectivity index is 2.62. The van der Waals surface area contributed by atoms with Crippen LogP contribution in [0, 0.1) is 6.92 Å². The minimum Gasteiger partial charge on any atom is -0.328 e. The smallest absolute Gasteiger partial charge is 0.154 e. The predicted molar refractivity (Wildman–Crippen MR) is 66.9 cm³/mol. The highest BCUT2D eigenvalue weighted by atomic mass is 32.2. The van der Waals surface area contributed by atoms with Crippen LogP contribution in [0.5, 0.6) is 0 Å². The minimum absolute atomic E-state index is 0.0622. The molecule has 0 aliphatic carbocycles. The number of nitrogens with two attached hydrogens (primary N) is 1. The molecule has 1 atom stereocenters. The molecule has 16 heavy (non-hydrogen) atoms. The average molecular weight is 241 g/mol. The second kappa shape index (κ2) is 5.46. The van der Waals surface area contributed by atoms with Crippen molar-refractivity contribution < 1.29 is 8.42 Å². The van der Waals surface area contributed by atoms with E-state index in [1.807, 2.05) is 38.1 Å². The molecule has 1 aromatic carbocycles. The molecule has 0 radical (unpaired) electrons. The van der Waals surface area contributed by atoms with Gasteiger partial charge in [0.25, 0.3) is 0 Å². The highest BCUT2D eigenvalue weighted by molar-refractivity contribution is 7.90. The lowest BCUT2D eigenvalue weighted by Gasteiger charge is -2.07. The van der Waals surface area contributed by atoms with Crippen LogP contribution in [0.2, 0.25) is 0 Å². The summed E-state index contributed by atoms with van der Waals surface area (Å²) < 4.78 is 23.5. The van der Waals surface area contributed by atoms with Gasteiger partial charge in [0, 0.05) is 6.04 Å². The van der Waals surface area contributed by atoms with Gasteiger partial charge in [-0.15, -0.1) is 0 Å². The molecule has 1 unspecified atom stereocenters. The summed E-state index contributed by atoms with van der Waals surface area (Å²) >= 11 is 0. The standard InChI is InChI=1S/C12H19NO2S/c1-10-3-5-12(6-4-10)9-16(14,15)8-7-11(2)13/h3-6,11H,7-9,13H2,1-2H3. The molecule has 0 aliphatic heterocycles. The molecule has 0 heterocycles. The van der Waals surface area contributed by atoms with E-state index in [1.165, 1.54) is 0 Å². The van der Waals surface area contributed by atoms with Crippen LogP contribution in [-0.4, -0.2) is 20.2 Å². The van der Waals surface area contributed by atoms with Crippen LogP contribution in [0.15, 0.2) is 24.3 Å². The highest BCUT2D eigenvalue weighted by Gasteiger charge is 2.12. The number of sulfone groups is 1. The molecule has 0 saturated heterocycles. The number of rotatable bonds is 5. The maximum atomic E-state index is 11.7. The summed E-state index contributed by atoms with van der Waals surface area (Å²) in [7, 11) is -3.02. The lowest BCUT2D eigenvalue weighted by atomic mass is 10.2. The Morgan fingerprint density at radius 1 is 1.25 bits per heavy atom. The maximum absolute atomic E-state index is 11.7. The molecule has 4 heteroatoms. The summed E-state index contributed by atoms with van der Waals surface area (Å²) in [5.74, 6) is 0.276. The van der Waals surface area contributed by atoms with E-state index < -0.39 is 9.84 Å². The maximum Gasteiger partial charge on any atom is 0.154 e. The Labute approximate surface area is 97.6 Å². The quantitative estimate of drug-likeness (QED) is 0.852. The van der Waals surface area contributed by atoms with Crippen molar-refractivity contribution in [3.8, 4) is 0 Å². The van der Waals surface area contributed by atoms with Gasteiger partial charge in [0.15, 0.2) is 9.84 Å². The third-order valence-corrected chi connectivity index (χ3v) is 4.02. The largest absolute Gasteiger partial charge is 0.328 e. The van der Waals surface area contributed by atoms with Crippen molar-refractivity contribution in [2.45, 2.75) is 32.1 Å². The fourth-order valence-corrected chi connectivity index (χ4v) is 2.95.